The van der Waals surface area contributed by atoms with Crippen LogP contribution >= 0.6 is 0 Å². The second kappa shape index (κ2) is 7.23. The summed E-state index contributed by atoms with van der Waals surface area (Å²) in [5.41, 5.74) is 2.89. The number of urea groups is 1. The first-order chi connectivity index (χ1) is 12.7. The van der Waals surface area contributed by atoms with Gasteiger partial charge in [0.15, 0.2) is 0 Å². The van der Waals surface area contributed by atoms with Gasteiger partial charge in [-0.05, 0) is 43.0 Å². The highest BCUT2D eigenvalue weighted by Gasteiger charge is 2.24. The molecule has 6 nitrogen and oxygen atoms in total. The van der Waals surface area contributed by atoms with E-state index in [9.17, 15) is 9.59 Å². The number of anilines is 1. The topological polar surface area (TPSA) is 74.6 Å². The predicted octanol–water partition coefficient (Wildman–Crippen LogP) is 3.60. The van der Waals surface area contributed by atoms with Crippen molar-refractivity contribution in [1.29, 1.82) is 0 Å². The molecule has 2 aromatic rings. The minimum atomic E-state index is -0.216. The molecule has 0 radical (unpaired) electrons. The maximum atomic E-state index is 12.3. The number of nitrogens with one attached hydrogen (secondary N) is 2. The maximum absolute atomic E-state index is 12.3. The number of rotatable bonds is 4. The van der Waals surface area contributed by atoms with Gasteiger partial charge in [-0.15, -0.1) is 0 Å². The van der Waals surface area contributed by atoms with Gasteiger partial charge in [0.05, 0.1) is 12.3 Å². The van der Waals surface area contributed by atoms with Gasteiger partial charge in [-0.25, -0.2) is 4.79 Å². The zero-order valence-electron chi connectivity index (χ0n) is 14.7. The van der Waals surface area contributed by atoms with Gasteiger partial charge in [0.2, 0.25) is 5.91 Å². The second-order valence-corrected chi connectivity index (χ2v) is 6.96. The SMILES string of the molecule is O=C(Nc1ccc(CN2CCCC2=O)cc1)NC1CCCc2occc21. The van der Waals surface area contributed by atoms with Crippen LogP contribution in [0.15, 0.2) is 41.0 Å². The molecule has 1 aliphatic heterocycles. The number of hydrogen-bond donors (Lipinski definition) is 2. The lowest BCUT2D eigenvalue weighted by Gasteiger charge is -2.23. The van der Waals surface area contributed by atoms with E-state index >= 15 is 0 Å². The highest BCUT2D eigenvalue weighted by Crippen LogP contribution is 2.30. The Hall–Kier alpha value is -2.76. The van der Waals surface area contributed by atoms with E-state index in [1.807, 2.05) is 35.2 Å². The Morgan fingerprint density at radius 3 is 2.77 bits per heavy atom. The standard InChI is InChI=1S/C20H23N3O3/c24-19-5-2-11-23(19)13-14-6-8-15(9-7-14)21-20(25)22-17-3-1-4-18-16(17)10-12-26-18/h6-10,12,17H,1-5,11,13H2,(H2,21,22,25). The van der Waals surface area contributed by atoms with E-state index in [2.05, 4.69) is 10.6 Å². The highest BCUT2D eigenvalue weighted by molar-refractivity contribution is 5.89. The molecular weight excluding hydrogens is 330 g/mol. The Balaban J connectivity index is 1.33. The maximum Gasteiger partial charge on any atom is 0.319 e. The van der Waals surface area contributed by atoms with E-state index in [4.69, 9.17) is 4.42 Å². The average Bonchev–Trinajstić information content (AvgIpc) is 3.26. The minimum Gasteiger partial charge on any atom is -0.469 e. The number of fused-ring (bicyclic) bond motifs is 1. The normalized spacial score (nSPS) is 19.3. The van der Waals surface area contributed by atoms with Crippen LogP contribution in [0.25, 0.3) is 0 Å². The number of carbonyl (C=O) groups is 2. The van der Waals surface area contributed by atoms with E-state index in [0.717, 1.165) is 54.8 Å². The molecule has 6 heteroatoms. The molecule has 26 heavy (non-hydrogen) atoms. The quantitative estimate of drug-likeness (QED) is 0.882. The van der Waals surface area contributed by atoms with Gasteiger partial charge in [-0.2, -0.15) is 0 Å². The second-order valence-electron chi connectivity index (χ2n) is 6.96. The molecule has 1 aromatic carbocycles. The van der Waals surface area contributed by atoms with Crippen LogP contribution in [-0.4, -0.2) is 23.4 Å². The third-order valence-corrected chi connectivity index (χ3v) is 5.11. The number of benzene rings is 1. The van der Waals surface area contributed by atoms with Crippen molar-refractivity contribution in [2.45, 2.75) is 44.7 Å². The molecule has 0 spiro atoms. The summed E-state index contributed by atoms with van der Waals surface area (Å²) in [4.78, 5) is 25.9. The molecule has 4 rings (SSSR count). The van der Waals surface area contributed by atoms with Crippen molar-refractivity contribution in [3.05, 3.63) is 53.5 Å². The van der Waals surface area contributed by atoms with Crippen LogP contribution < -0.4 is 10.6 Å². The van der Waals surface area contributed by atoms with Crippen LogP contribution in [-0.2, 0) is 17.8 Å². The van der Waals surface area contributed by atoms with Crippen LogP contribution in [0.4, 0.5) is 10.5 Å². The van der Waals surface area contributed by atoms with Crippen molar-refractivity contribution in [2.24, 2.45) is 0 Å². The summed E-state index contributed by atoms with van der Waals surface area (Å²) in [7, 11) is 0. The van der Waals surface area contributed by atoms with Crippen molar-refractivity contribution in [3.8, 4) is 0 Å². The van der Waals surface area contributed by atoms with Crippen molar-refractivity contribution < 1.29 is 14.0 Å². The van der Waals surface area contributed by atoms with Crippen LogP contribution in [0.2, 0.25) is 0 Å². The smallest absolute Gasteiger partial charge is 0.319 e. The molecule has 2 N–H and O–H groups in total. The molecule has 1 aromatic heterocycles. The van der Waals surface area contributed by atoms with Gasteiger partial charge in [0.25, 0.3) is 0 Å². The number of aryl methyl sites for hydroxylation is 1. The number of amides is 3. The minimum absolute atomic E-state index is 0.00190. The van der Waals surface area contributed by atoms with Gasteiger partial charge in [0, 0.05) is 37.2 Å². The molecular formula is C20H23N3O3. The molecule has 1 unspecified atom stereocenters. The van der Waals surface area contributed by atoms with E-state index < -0.39 is 0 Å². The molecule has 3 amide bonds. The summed E-state index contributed by atoms with van der Waals surface area (Å²) in [6.45, 7) is 1.47. The van der Waals surface area contributed by atoms with E-state index in [1.165, 1.54) is 0 Å². The van der Waals surface area contributed by atoms with Crippen LogP contribution in [0.1, 0.15) is 48.6 Å². The van der Waals surface area contributed by atoms with Gasteiger partial charge >= 0.3 is 6.03 Å². The number of nitrogens with zero attached hydrogens (tertiary/aromatic N) is 1. The Kier molecular flexibility index (Phi) is 4.65. The van der Waals surface area contributed by atoms with E-state index in [0.29, 0.717) is 13.0 Å². The zero-order chi connectivity index (χ0) is 17.9. The molecule has 2 heterocycles. The fourth-order valence-corrected chi connectivity index (χ4v) is 3.75. The monoisotopic (exact) mass is 353 g/mol. The summed E-state index contributed by atoms with van der Waals surface area (Å²) < 4.78 is 5.46. The van der Waals surface area contributed by atoms with Crippen LogP contribution in [0.3, 0.4) is 0 Å². The van der Waals surface area contributed by atoms with Gasteiger partial charge in [-0.1, -0.05) is 12.1 Å². The number of likely N-dealkylation sites (tertiary alicyclic amines) is 1. The van der Waals surface area contributed by atoms with E-state index in [-0.39, 0.29) is 18.0 Å². The Bertz CT molecular complexity index is 797. The van der Waals surface area contributed by atoms with Gasteiger partial charge in [0.1, 0.15) is 5.76 Å². The Morgan fingerprint density at radius 2 is 2.00 bits per heavy atom. The fraction of sp³-hybridized carbons (Fsp3) is 0.400. The third-order valence-electron chi connectivity index (χ3n) is 5.11. The average molecular weight is 353 g/mol. The lowest BCUT2D eigenvalue weighted by atomic mass is 9.93. The van der Waals surface area contributed by atoms with E-state index in [1.54, 1.807) is 6.26 Å². The summed E-state index contributed by atoms with van der Waals surface area (Å²) in [6.07, 6.45) is 6.14. The lowest BCUT2D eigenvalue weighted by molar-refractivity contribution is -0.128. The van der Waals surface area contributed by atoms with Crippen LogP contribution in [0.5, 0.6) is 0 Å². The fourth-order valence-electron chi connectivity index (χ4n) is 3.75. The van der Waals surface area contributed by atoms with Crippen LogP contribution in [0, 0.1) is 0 Å². The first-order valence-electron chi connectivity index (χ1n) is 9.19. The zero-order valence-corrected chi connectivity index (χ0v) is 14.7. The molecule has 1 aliphatic carbocycles. The molecule has 2 aliphatic rings. The highest BCUT2D eigenvalue weighted by atomic mass is 16.3. The van der Waals surface area contributed by atoms with Gasteiger partial charge < -0.3 is 20.0 Å². The summed E-state index contributed by atoms with van der Waals surface area (Å²) >= 11 is 0. The first-order valence-corrected chi connectivity index (χ1v) is 9.19. The van der Waals surface area contributed by atoms with Crippen molar-refractivity contribution in [1.82, 2.24) is 10.2 Å². The number of furan rings is 1. The largest absolute Gasteiger partial charge is 0.469 e. The first kappa shape index (κ1) is 16.7. The Morgan fingerprint density at radius 1 is 1.15 bits per heavy atom. The van der Waals surface area contributed by atoms with Gasteiger partial charge in [-0.3, -0.25) is 4.79 Å². The summed E-state index contributed by atoms with van der Waals surface area (Å²) in [5.74, 6) is 1.19. The number of carbonyl (C=O) groups excluding carboxylic acids is 2. The number of hydrogen-bond acceptors (Lipinski definition) is 3. The van der Waals surface area contributed by atoms with Crippen molar-refractivity contribution in [3.63, 3.8) is 0 Å². The van der Waals surface area contributed by atoms with Crippen molar-refractivity contribution in [2.75, 3.05) is 11.9 Å². The molecule has 1 atom stereocenters. The Labute approximate surface area is 152 Å². The predicted molar refractivity (Wildman–Crippen MR) is 97.6 cm³/mol. The lowest BCUT2D eigenvalue weighted by Crippen LogP contribution is -2.34. The molecule has 1 saturated heterocycles. The third kappa shape index (κ3) is 3.59. The molecule has 136 valence electrons. The molecule has 0 saturated carbocycles. The van der Waals surface area contributed by atoms with Crippen molar-refractivity contribution >= 4 is 17.6 Å². The summed E-state index contributed by atoms with van der Waals surface area (Å²) in [5, 5.41) is 5.91. The molecule has 1 fully saturated rings. The summed E-state index contributed by atoms with van der Waals surface area (Å²) in [6, 6.07) is 9.38. The molecule has 0 bridgehead atoms.